The van der Waals surface area contributed by atoms with E-state index in [1.54, 1.807) is 0 Å². The van der Waals surface area contributed by atoms with Gasteiger partial charge in [0.1, 0.15) is 0 Å². The zero-order chi connectivity index (χ0) is 9.47. The van der Waals surface area contributed by atoms with Crippen LogP contribution in [0.3, 0.4) is 0 Å². The molecule has 4 nitrogen and oxygen atoms in total. The SMILES string of the molecule is Cn1nccc1C(NN)C1(C)CC1. The third-order valence-electron chi connectivity index (χ3n) is 3.06. The highest BCUT2D eigenvalue weighted by Gasteiger charge is 2.46. The normalized spacial score (nSPS) is 21.5. The van der Waals surface area contributed by atoms with Crippen LogP contribution in [0.4, 0.5) is 0 Å². The summed E-state index contributed by atoms with van der Waals surface area (Å²) in [6.45, 7) is 2.25. The van der Waals surface area contributed by atoms with Gasteiger partial charge in [0.05, 0.1) is 11.7 Å². The highest BCUT2D eigenvalue weighted by Crippen LogP contribution is 2.53. The van der Waals surface area contributed by atoms with Gasteiger partial charge in [-0.2, -0.15) is 5.10 Å². The molecule has 13 heavy (non-hydrogen) atoms. The summed E-state index contributed by atoms with van der Waals surface area (Å²) in [6, 6.07) is 2.26. The first-order valence-electron chi connectivity index (χ1n) is 4.61. The van der Waals surface area contributed by atoms with E-state index in [9.17, 15) is 0 Å². The molecule has 0 spiro atoms. The number of hydrogen-bond donors (Lipinski definition) is 2. The zero-order valence-corrected chi connectivity index (χ0v) is 8.12. The largest absolute Gasteiger partial charge is 0.271 e. The van der Waals surface area contributed by atoms with Gasteiger partial charge in [0.25, 0.3) is 0 Å². The summed E-state index contributed by atoms with van der Waals surface area (Å²) in [6.07, 6.45) is 4.30. The smallest absolute Gasteiger partial charge is 0.0682 e. The monoisotopic (exact) mass is 180 g/mol. The van der Waals surface area contributed by atoms with Gasteiger partial charge in [0.2, 0.25) is 0 Å². The molecule has 0 bridgehead atoms. The molecule has 4 heteroatoms. The van der Waals surface area contributed by atoms with Crippen molar-refractivity contribution in [1.29, 1.82) is 0 Å². The average molecular weight is 180 g/mol. The predicted molar refractivity (Wildman–Crippen MR) is 50.6 cm³/mol. The van der Waals surface area contributed by atoms with E-state index in [4.69, 9.17) is 5.84 Å². The maximum atomic E-state index is 5.57. The highest BCUT2D eigenvalue weighted by atomic mass is 15.3. The van der Waals surface area contributed by atoms with Crippen molar-refractivity contribution in [3.63, 3.8) is 0 Å². The molecule has 2 rings (SSSR count). The van der Waals surface area contributed by atoms with E-state index in [0.717, 1.165) is 0 Å². The lowest BCUT2D eigenvalue weighted by molar-refractivity contribution is 0.353. The van der Waals surface area contributed by atoms with Gasteiger partial charge < -0.3 is 0 Å². The van der Waals surface area contributed by atoms with Crippen LogP contribution in [0.2, 0.25) is 0 Å². The van der Waals surface area contributed by atoms with Crippen LogP contribution in [0.25, 0.3) is 0 Å². The number of nitrogens with two attached hydrogens (primary N) is 1. The minimum atomic E-state index is 0.236. The molecule has 1 fully saturated rings. The number of aryl methyl sites for hydroxylation is 1. The Bertz CT molecular complexity index is 300. The van der Waals surface area contributed by atoms with Gasteiger partial charge in [-0.05, 0) is 24.3 Å². The van der Waals surface area contributed by atoms with Gasteiger partial charge in [-0.1, -0.05) is 6.92 Å². The molecule has 72 valence electrons. The maximum Gasteiger partial charge on any atom is 0.0682 e. The first-order valence-corrected chi connectivity index (χ1v) is 4.61. The number of hydrazine groups is 1. The topological polar surface area (TPSA) is 55.9 Å². The molecule has 0 saturated heterocycles. The molecule has 3 N–H and O–H groups in total. The molecular formula is C9H16N4. The molecule has 0 radical (unpaired) electrons. The lowest BCUT2D eigenvalue weighted by atomic mass is 9.96. The van der Waals surface area contributed by atoms with Gasteiger partial charge >= 0.3 is 0 Å². The van der Waals surface area contributed by atoms with E-state index < -0.39 is 0 Å². The number of hydrogen-bond acceptors (Lipinski definition) is 3. The van der Waals surface area contributed by atoms with Crippen LogP contribution in [-0.2, 0) is 7.05 Å². The molecule has 0 aliphatic heterocycles. The zero-order valence-electron chi connectivity index (χ0n) is 8.12. The van der Waals surface area contributed by atoms with Crippen molar-refractivity contribution < 1.29 is 0 Å². The van der Waals surface area contributed by atoms with Crippen molar-refractivity contribution in [3.8, 4) is 0 Å². The van der Waals surface area contributed by atoms with Crippen LogP contribution < -0.4 is 11.3 Å². The Morgan fingerprint density at radius 2 is 2.38 bits per heavy atom. The van der Waals surface area contributed by atoms with Crippen LogP contribution in [0.5, 0.6) is 0 Å². The van der Waals surface area contributed by atoms with Crippen molar-refractivity contribution in [2.45, 2.75) is 25.8 Å². The standard InChI is InChI=1S/C9H16N4/c1-9(4-5-9)8(12-10)7-3-6-11-13(7)2/h3,6,8,12H,4-5,10H2,1-2H3. The Morgan fingerprint density at radius 1 is 1.69 bits per heavy atom. The van der Waals surface area contributed by atoms with Crippen molar-refractivity contribution in [3.05, 3.63) is 18.0 Å². The van der Waals surface area contributed by atoms with E-state index in [0.29, 0.717) is 5.41 Å². The summed E-state index contributed by atoms with van der Waals surface area (Å²) in [5, 5.41) is 4.15. The first kappa shape index (κ1) is 8.72. The molecule has 0 aromatic carbocycles. The predicted octanol–water partition coefficient (Wildman–Crippen LogP) is 0.725. The second-order valence-corrected chi connectivity index (χ2v) is 4.13. The van der Waals surface area contributed by atoms with E-state index in [1.807, 2.05) is 24.0 Å². The van der Waals surface area contributed by atoms with Gasteiger partial charge in [-0.25, -0.2) is 0 Å². The molecular weight excluding hydrogens is 164 g/mol. The number of rotatable bonds is 3. The summed E-state index contributed by atoms with van der Waals surface area (Å²) in [4.78, 5) is 0. The lowest BCUT2D eigenvalue weighted by Crippen LogP contribution is -2.34. The molecule has 0 amide bonds. The molecule has 1 aliphatic carbocycles. The minimum absolute atomic E-state index is 0.236. The molecule has 1 saturated carbocycles. The van der Waals surface area contributed by atoms with E-state index in [1.165, 1.54) is 18.5 Å². The summed E-state index contributed by atoms with van der Waals surface area (Å²) in [7, 11) is 1.95. The average Bonchev–Trinajstić information content (AvgIpc) is 2.69. The van der Waals surface area contributed by atoms with Gasteiger partial charge in [0.15, 0.2) is 0 Å². The quantitative estimate of drug-likeness (QED) is 0.532. The van der Waals surface area contributed by atoms with Crippen molar-refractivity contribution in [2.24, 2.45) is 18.3 Å². The summed E-state index contributed by atoms with van der Waals surface area (Å²) in [5.74, 6) is 5.57. The number of nitrogens with zero attached hydrogens (tertiary/aromatic N) is 2. The summed E-state index contributed by atoms with van der Waals surface area (Å²) in [5.41, 5.74) is 4.39. The Hall–Kier alpha value is -0.870. The maximum absolute atomic E-state index is 5.57. The van der Waals surface area contributed by atoms with Crippen LogP contribution >= 0.6 is 0 Å². The Morgan fingerprint density at radius 3 is 2.77 bits per heavy atom. The van der Waals surface area contributed by atoms with Crippen molar-refractivity contribution in [2.75, 3.05) is 0 Å². The van der Waals surface area contributed by atoms with Crippen molar-refractivity contribution in [1.82, 2.24) is 15.2 Å². The number of nitrogens with one attached hydrogen (secondary N) is 1. The molecule has 1 aliphatic rings. The fourth-order valence-electron chi connectivity index (χ4n) is 1.80. The van der Waals surface area contributed by atoms with Gasteiger partial charge in [-0.15, -0.1) is 0 Å². The summed E-state index contributed by atoms with van der Waals surface area (Å²) >= 11 is 0. The fraction of sp³-hybridized carbons (Fsp3) is 0.667. The van der Waals surface area contributed by atoms with Gasteiger partial charge in [-0.3, -0.25) is 16.0 Å². The van der Waals surface area contributed by atoms with Crippen LogP contribution in [0.1, 0.15) is 31.5 Å². The minimum Gasteiger partial charge on any atom is -0.271 e. The second kappa shape index (κ2) is 2.82. The second-order valence-electron chi connectivity index (χ2n) is 4.13. The third kappa shape index (κ3) is 1.36. The molecule has 1 unspecified atom stereocenters. The molecule has 1 aromatic heterocycles. The highest BCUT2D eigenvalue weighted by molar-refractivity contribution is 5.14. The van der Waals surface area contributed by atoms with Crippen LogP contribution in [0, 0.1) is 5.41 Å². The Balaban J connectivity index is 2.27. The molecule has 1 aromatic rings. The Labute approximate surface area is 78.1 Å². The van der Waals surface area contributed by atoms with Crippen LogP contribution in [0.15, 0.2) is 12.3 Å². The molecule has 1 atom stereocenters. The summed E-state index contributed by atoms with van der Waals surface area (Å²) < 4.78 is 1.88. The first-order chi connectivity index (χ1) is 6.17. The van der Waals surface area contributed by atoms with E-state index >= 15 is 0 Å². The van der Waals surface area contributed by atoms with Gasteiger partial charge in [0, 0.05) is 13.2 Å². The Kier molecular flexibility index (Phi) is 1.89. The lowest BCUT2D eigenvalue weighted by Gasteiger charge is -2.22. The number of aromatic nitrogens is 2. The van der Waals surface area contributed by atoms with E-state index in [-0.39, 0.29) is 6.04 Å². The fourth-order valence-corrected chi connectivity index (χ4v) is 1.80. The molecule has 1 heterocycles. The van der Waals surface area contributed by atoms with E-state index in [2.05, 4.69) is 17.4 Å². The van der Waals surface area contributed by atoms with Crippen LogP contribution in [-0.4, -0.2) is 9.78 Å². The van der Waals surface area contributed by atoms with Crippen molar-refractivity contribution >= 4 is 0 Å². The third-order valence-corrected chi connectivity index (χ3v) is 3.06.